The number of fused-ring (bicyclic) bond motifs is 15. The molecular weight excluding hydrogens is 863 g/mol. The summed E-state index contributed by atoms with van der Waals surface area (Å²) in [4.78, 5) is 97.2. The molecule has 0 atom stereocenters. The van der Waals surface area contributed by atoms with Gasteiger partial charge in [0.2, 0.25) is 5.91 Å². The third-order valence-corrected chi connectivity index (χ3v) is 9.10. The molecular formula is C45H83N7O14. The molecule has 0 aromatic heterocycles. The van der Waals surface area contributed by atoms with Gasteiger partial charge in [-0.2, -0.15) is 0 Å². The molecule has 3 aliphatic rings. The molecule has 21 nitrogen and oxygen atoms in total. The first-order chi connectivity index (χ1) is 29.8. The Bertz CT molecular complexity index is 1560. The highest BCUT2D eigenvalue weighted by Crippen LogP contribution is 2.26. The maximum Gasteiger partial charge on any atom is 0.506 e. The smallest absolute Gasteiger partial charge is 0.481 e. The lowest BCUT2D eigenvalue weighted by atomic mass is 9.88. The number of ether oxygens (including phenoxy) is 5. The van der Waals surface area contributed by atoms with E-state index >= 15 is 0 Å². The van der Waals surface area contributed by atoms with E-state index in [1.807, 2.05) is 6.92 Å². The van der Waals surface area contributed by atoms with Crippen LogP contribution in [0.4, 0.5) is 24.0 Å². The van der Waals surface area contributed by atoms with Gasteiger partial charge >= 0.3 is 36.5 Å². The van der Waals surface area contributed by atoms with Crippen LogP contribution in [-0.2, 0) is 33.3 Å². The topological polar surface area (TPSA) is 255 Å². The highest BCUT2D eigenvalue weighted by molar-refractivity contribution is 5.78. The lowest BCUT2D eigenvalue weighted by Crippen LogP contribution is -2.68. The van der Waals surface area contributed by atoms with Crippen LogP contribution in [0.3, 0.4) is 0 Å². The minimum Gasteiger partial charge on any atom is -0.481 e. The van der Waals surface area contributed by atoms with Crippen LogP contribution in [0.1, 0.15) is 130 Å². The van der Waals surface area contributed by atoms with Crippen LogP contribution in [0.2, 0.25) is 0 Å². The number of carboxylic acids is 1. The van der Waals surface area contributed by atoms with Gasteiger partial charge in [-0.1, -0.05) is 6.92 Å². The Labute approximate surface area is 392 Å². The van der Waals surface area contributed by atoms with Crippen molar-refractivity contribution in [3.8, 4) is 0 Å². The summed E-state index contributed by atoms with van der Waals surface area (Å²) in [5, 5.41) is 27.3. The molecule has 3 saturated heterocycles. The number of carbonyl (C=O) groups excluding carboxylic acids is 5. The summed E-state index contributed by atoms with van der Waals surface area (Å²) < 4.78 is 27.9. The van der Waals surface area contributed by atoms with Crippen LogP contribution in [0.15, 0.2) is 0 Å². The van der Waals surface area contributed by atoms with Gasteiger partial charge in [0, 0.05) is 83.7 Å². The molecule has 0 aromatic carbocycles. The molecule has 0 unspecified atom stereocenters. The molecule has 0 aliphatic carbocycles. The van der Waals surface area contributed by atoms with Gasteiger partial charge in [-0.3, -0.25) is 9.59 Å². The molecule has 66 heavy (non-hydrogen) atoms. The summed E-state index contributed by atoms with van der Waals surface area (Å²) >= 11 is 0. The normalized spacial score (nSPS) is 20.9. The van der Waals surface area contributed by atoms with Crippen LogP contribution in [0.25, 0.3) is 0 Å². The average Bonchev–Trinajstić information content (AvgIpc) is 3.07. The summed E-state index contributed by atoms with van der Waals surface area (Å²) in [5.74, 6) is -1.55. The maximum atomic E-state index is 14.2. The third kappa shape index (κ3) is 25.8. The summed E-state index contributed by atoms with van der Waals surface area (Å²) in [5.41, 5.74) is -6.37. The molecule has 5 N–H and O–H groups in total. The predicted octanol–water partition coefficient (Wildman–Crippen LogP) is 5.74. The minimum absolute atomic E-state index is 0.0258. The van der Waals surface area contributed by atoms with E-state index in [0.717, 1.165) is 0 Å². The molecule has 0 aromatic rings. The fourth-order valence-corrected chi connectivity index (χ4v) is 6.74. The molecule has 21 heteroatoms. The van der Waals surface area contributed by atoms with E-state index in [1.165, 1.54) is 19.6 Å². The fraction of sp³-hybridized carbons (Fsp3) is 0.844. The van der Waals surface area contributed by atoms with E-state index < -0.39 is 81.4 Å². The summed E-state index contributed by atoms with van der Waals surface area (Å²) in [6.45, 7) is 28.7. The second-order valence-corrected chi connectivity index (χ2v) is 22.3. The predicted molar refractivity (Wildman–Crippen MR) is 246 cm³/mol. The molecule has 3 aliphatic heterocycles. The van der Waals surface area contributed by atoms with E-state index in [2.05, 4.69) is 20.7 Å². The Hall–Kier alpha value is -4.79. The standard InChI is InChI=1S/C40H73N7O11.C5H10O3/c1-35(2,3)55-31(51)44-19-21-46(33(53)57-37(7,8)9)27-40(43-29(48)15-14-16-30(49)50)24-42-18-17-41-23-39(13,25-44)26-45(32(52)56-36(4,5)6)20-22-47(28-40)34(54)58-38(10,11)12;1-5(2,3)8-4(6)7/h41-42H,14-28H2,1-13H3,(H,43,48)(H,49,50);1-3H3,(H,6,7). The highest BCUT2D eigenvalue weighted by atomic mass is 16.7. The van der Waals surface area contributed by atoms with Crippen molar-refractivity contribution in [2.45, 2.75) is 164 Å². The Morgan fingerprint density at radius 1 is 0.500 bits per heavy atom. The first-order valence-electron chi connectivity index (χ1n) is 22.6. The van der Waals surface area contributed by atoms with Crippen molar-refractivity contribution in [3.63, 3.8) is 0 Å². The number of hydrogen-bond donors (Lipinski definition) is 5. The van der Waals surface area contributed by atoms with Crippen LogP contribution in [0, 0.1) is 5.41 Å². The van der Waals surface area contributed by atoms with Crippen molar-refractivity contribution in [1.29, 1.82) is 0 Å². The monoisotopic (exact) mass is 946 g/mol. The maximum absolute atomic E-state index is 14.2. The first-order valence-corrected chi connectivity index (χ1v) is 22.6. The van der Waals surface area contributed by atoms with E-state index in [9.17, 15) is 38.7 Å². The fourth-order valence-electron chi connectivity index (χ4n) is 6.74. The quantitative estimate of drug-likeness (QED) is 0.163. The van der Waals surface area contributed by atoms with Crippen LogP contribution < -0.4 is 16.0 Å². The van der Waals surface area contributed by atoms with E-state index in [-0.39, 0.29) is 78.2 Å². The number of nitrogens with zero attached hydrogens (tertiary/aromatic N) is 4. The molecule has 0 saturated carbocycles. The van der Waals surface area contributed by atoms with Gasteiger partial charge in [0.1, 0.15) is 28.0 Å². The van der Waals surface area contributed by atoms with E-state index in [4.69, 9.17) is 24.1 Å². The van der Waals surface area contributed by atoms with Gasteiger partial charge in [-0.25, -0.2) is 24.0 Å². The summed E-state index contributed by atoms with van der Waals surface area (Å²) in [6, 6.07) is 0. The molecule has 3 rings (SSSR count). The number of carbonyl (C=O) groups is 7. The van der Waals surface area contributed by atoms with Gasteiger partial charge in [-0.15, -0.1) is 0 Å². The zero-order valence-electron chi connectivity index (χ0n) is 42.7. The molecule has 382 valence electrons. The van der Waals surface area contributed by atoms with Crippen molar-refractivity contribution >= 4 is 42.4 Å². The third-order valence-electron chi connectivity index (χ3n) is 9.10. The number of rotatable bonds is 5. The largest absolute Gasteiger partial charge is 0.506 e. The average molecular weight is 946 g/mol. The first kappa shape index (κ1) is 59.2. The van der Waals surface area contributed by atoms with Crippen LogP contribution in [0.5, 0.6) is 0 Å². The number of aliphatic carboxylic acids is 1. The molecule has 2 bridgehead atoms. The lowest BCUT2D eigenvalue weighted by molar-refractivity contribution is -0.137. The number of amides is 5. The number of hydrogen-bond acceptors (Lipinski definition) is 14. The molecule has 3 heterocycles. The van der Waals surface area contributed by atoms with E-state index in [0.29, 0.717) is 19.6 Å². The second kappa shape index (κ2) is 24.3. The summed E-state index contributed by atoms with van der Waals surface area (Å²) in [7, 11) is 0. The molecule has 3 fully saturated rings. The number of carboxylic acid groups (broad SMARTS) is 2. The second-order valence-electron chi connectivity index (χ2n) is 22.3. The SMILES string of the molecule is CC(C)(C)OC(=O)O.CC12CNCCNCC(NC(=O)CCCC(=O)O)(CN(C(=O)OC(C)(C)C)CCN(C(=O)OC(C)(C)C)C1)CN(C(=O)OC(C)(C)C)CCN(C(=O)OC(C)(C)C)C2. The van der Waals surface area contributed by atoms with Crippen molar-refractivity contribution in [2.24, 2.45) is 5.41 Å². The zero-order chi connectivity index (χ0) is 51.1. The van der Waals surface area contributed by atoms with Gasteiger partial charge in [0.25, 0.3) is 0 Å². The minimum atomic E-state index is -1.44. The molecule has 0 spiro atoms. The zero-order valence-corrected chi connectivity index (χ0v) is 42.7. The highest BCUT2D eigenvalue weighted by Gasteiger charge is 2.43. The van der Waals surface area contributed by atoms with Crippen molar-refractivity contribution in [3.05, 3.63) is 0 Å². The van der Waals surface area contributed by atoms with Crippen molar-refractivity contribution in [1.82, 2.24) is 35.6 Å². The Kier molecular flexibility index (Phi) is 21.8. The summed E-state index contributed by atoms with van der Waals surface area (Å²) in [6.07, 6.45) is -4.24. The van der Waals surface area contributed by atoms with Gasteiger partial charge < -0.3 is 69.4 Å². The van der Waals surface area contributed by atoms with Crippen LogP contribution >= 0.6 is 0 Å². The van der Waals surface area contributed by atoms with Crippen molar-refractivity contribution in [2.75, 3.05) is 78.5 Å². The van der Waals surface area contributed by atoms with Gasteiger partial charge in [-0.05, 0) is 110 Å². The van der Waals surface area contributed by atoms with E-state index in [1.54, 1.807) is 104 Å². The molecule has 5 amide bonds. The Balaban J connectivity index is 0.00000247. The van der Waals surface area contributed by atoms with Crippen molar-refractivity contribution < 1.29 is 67.5 Å². The lowest BCUT2D eigenvalue weighted by Gasteiger charge is -2.45. The Morgan fingerprint density at radius 3 is 1.11 bits per heavy atom. The van der Waals surface area contributed by atoms with Gasteiger partial charge in [0.05, 0.1) is 18.6 Å². The Morgan fingerprint density at radius 2 is 0.818 bits per heavy atom. The molecule has 0 radical (unpaired) electrons. The number of nitrogens with one attached hydrogen (secondary N) is 3. The van der Waals surface area contributed by atoms with Gasteiger partial charge in [0.15, 0.2) is 0 Å². The van der Waals surface area contributed by atoms with Crippen LogP contribution in [-0.4, -0.2) is 184 Å².